The number of amides is 1. The number of aromatic nitrogens is 5. The van der Waals surface area contributed by atoms with Gasteiger partial charge in [-0.2, -0.15) is 5.10 Å². The van der Waals surface area contributed by atoms with Crippen LogP contribution in [0.5, 0.6) is 0 Å². The number of hydrogen-bond donors (Lipinski definition) is 1. The number of pyridine rings is 1. The molecule has 1 aliphatic carbocycles. The van der Waals surface area contributed by atoms with Crippen molar-refractivity contribution in [1.82, 2.24) is 29.6 Å². The highest BCUT2D eigenvalue weighted by Gasteiger charge is 2.53. The lowest BCUT2D eigenvalue weighted by Crippen LogP contribution is -2.36. The smallest absolute Gasteiger partial charge is 0.273 e. The van der Waals surface area contributed by atoms with E-state index >= 15 is 0 Å². The summed E-state index contributed by atoms with van der Waals surface area (Å²) in [5, 5.41) is 4.79. The van der Waals surface area contributed by atoms with Gasteiger partial charge < -0.3 is 9.88 Å². The summed E-state index contributed by atoms with van der Waals surface area (Å²) in [6, 6.07) is 12.3. The first kappa shape index (κ1) is 17.1. The molecule has 1 fully saturated rings. The molecular weight excluding hydrogens is 376 g/mol. The molecule has 6 rings (SSSR count). The van der Waals surface area contributed by atoms with Crippen LogP contribution in [0, 0.1) is 6.92 Å². The van der Waals surface area contributed by atoms with Crippen molar-refractivity contribution in [2.24, 2.45) is 0 Å². The standard InChI is InChI=1S/C23H20N6O/c1-14-16(4-3-9-24-14)15-5-6-17-19(12-15)29-20(22(30)28(2)23(17)7-8-23)13-18(27-29)21-25-10-11-26-21/h3-6,9-13H,7-8H2,1-2H3,(H,25,26). The van der Waals surface area contributed by atoms with Crippen molar-refractivity contribution >= 4 is 5.91 Å². The van der Waals surface area contributed by atoms with Gasteiger partial charge >= 0.3 is 0 Å². The molecule has 2 aliphatic rings. The summed E-state index contributed by atoms with van der Waals surface area (Å²) in [4.78, 5) is 27.1. The molecule has 30 heavy (non-hydrogen) atoms. The van der Waals surface area contributed by atoms with Gasteiger partial charge in [-0.05, 0) is 37.5 Å². The fraction of sp³-hybridized carbons (Fsp3) is 0.217. The Labute approximate surface area is 173 Å². The number of carbonyl (C=O) groups excluding carboxylic acids is 1. The third-order valence-electron chi connectivity index (χ3n) is 6.38. The lowest BCUT2D eigenvalue weighted by Gasteiger charge is -2.27. The number of carbonyl (C=O) groups is 1. The van der Waals surface area contributed by atoms with E-state index in [1.807, 2.05) is 31.0 Å². The molecular formula is C23H20N6O. The second-order valence-electron chi connectivity index (χ2n) is 8.03. The van der Waals surface area contributed by atoms with Crippen LogP contribution >= 0.6 is 0 Å². The predicted octanol–water partition coefficient (Wildman–Crippen LogP) is 3.71. The highest BCUT2D eigenvalue weighted by Crippen LogP contribution is 2.54. The van der Waals surface area contributed by atoms with Crippen LogP contribution in [0.1, 0.15) is 34.6 Å². The fourth-order valence-electron chi connectivity index (χ4n) is 4.57. The lowest BCUT2D eigenvalue weighted by molar-refractivity contribution is 0.0704. The van der Waals surface area contributed by atoms with E-state index in [9.17, 15) is 4.79 Å². The zero-order chi connectivity index (χ0) is 20.5. The number of aryl methyl sites for hydroxylation is 1. The molecule has 1 amide bonds. The van der Waals surface area contributed by atoms with E-state index < -0.39 is 0 Å². The molecule has 4 heterocycles. The average molecular weight is 396 g/mol. The SMILES string of the molecule is Cc1ncccc1-c1ccc2c(c1)-n1nc(-c3ncc[nH]3)cc1C(=O)N(C)C21CC1. The summed E-state index contributed by atoms with van der Waals surface area (Å²) in [6.45, 7) is 2.01. The number of H-pyrrole nitrogens is 1. The van der Waals surface area contributed by atoms with Gasteiger partial charge in [0.15, 0.2) is 5.82 Å². The van der Waals surface area contributed by atoms with Crippen molar-refractivity contribution in [2.75, 3.05) is 7.05 Å². The number of hydrogen-bond acceptors (Lipinski definition) is 4. The Hall–Kier alpha value is -3.74. The van der Waals surface area contributed by atoms with E-state index in [0.717, 1.165) is 40.9 Å². The largest absolute Gasteiger partial charge is 0.343 e. The van der Waals surface area contributed by atoms with Gasteiger partial charge in [-0.15, -0.1) is 0 Å². The number of nitrogens with one attached hydrogen (secondary N) is 1. The van der Waals surface area contributed by atoms with E-state index in [1.54, 1.807) is 23.3 Å². The average Bonchev–Trinajstić information content (AvgIpc) is 3.19. The minimum Gasteiger partial charge on any atom is -0.343 e. The maximum atomic E-state index is 13.4. The summed E-state index contributed by atoms with van der Waals surface area (Å²) >= 11 is 0. The number of fused-ring (bicyclic) bond motifs is 4. The molecule has 0 atom stereocenters. The molecule has 1 aliphatic heterocycles. The Kier molecular flexibility index (Phi) is 3.36. The van der Waals surface area contributed by atoms with E-state index in [-0.39, 0.29) is 11.4 Å². The number of benzene rings is 1. The zero-order valence-corrected chi connectivity index (χ0v) is 16.8. The van der Waals surface area contributed by atoms with Crippen molar-refractivity contribution in [3.05, 3.63) is 71.9 Å². The van der Waals surface area contributed by atoms with Crippen molar-refractivity contribution in [3.8, 4) is 28.3 Å². The number of aromatic amines is 1. The van der Waals surface area contributed by atoms with Gasteiger partial charge in [0.05, 0.1) is 11.2 Å². The molecule has 7 nitrogen and oxygen atoms in total. The molecule has 3 aromatic heterocycles. The number of imidazole rings is 1. The van der Waals surface area contributed by atoms with Crippen LogP contribution in [0.2, 0.25) is 0 Å². The van der Waals surface area contributed by atoms with Gasteiger partial charge in [0.1, 0.15) is 11.4 Å². The van der Waals surface area contributed by atoms with E-state index in [4.69, 9.17) is 5.10 Å². The van der Waals surface area contributed by atoms with E-state index in [0.29, 0.717) is 17.2 Å². The Morgan fingerprint density at radius 2 is 1.97 bits per heavy atom. The van der Waals surface area contributed by atoms with Crippen molar-refractivity contribution in [1.29, 1.82) is 0 Å². The molecule has 0 saturated heterocycles. The molecule has 7 heteroatoms. The normalized spacial score (nSPS) is 16.3. The summed E-state index contributed by atoms with van der Waals surface area (Å²) in [7, 11) is 1.90. The van der Waals surface area contributed by atoms with Crippen LogP contribution in [0.3, 0.4) is 0 Å². The van der Waals surface area contributed by atoms with Crippen LogP contribution in [-0.4, -0.2) is 42.6 Å². The lowest BCUT2D eigenvalue weighted by atomic mass is 9.96. The van der Waals surface area contributed by atoms with Crippen LogP contribution in [0.25, 0.3) is 28.3 Å². The Morgan fingerprint density at radius 3 is 2.70 bits per heavy atom. The van der Waals surface area contributed by atoms with Crippen LogP contribution in [-0.2, 0) is 5.54 Å². The Balaban J connectivity index is 1.62. The molecule has 0 bridgehead atoms. The number of nitrogens with zero attached hydrogens (tertiary/aromatic N) is 5. The molecule has 1 spiro atoms. The Morgan fingerprint density at radius 1 is 1.10 bits per heavy atom. The van der Waals surface area contributed by atoms with Crippen LogP contribution in [0.15, 0.2) is 55.0 Å². The topological polar surface area (TPSA) is 79.7 Å². The summed E-state index contributed by atoms with van der Waals surface area (Å²) < 4.78 is 1.79. The van der Waals surface area contributed by atoms with Gasteiger partial charge in [-0.3, -0.25) is 9.78 Å². The summed E-state index contributed by atoms with van der Waals surface area (Å²) in [5.41, 5.74) is 6.14. The maximum Gasteiger partial charge on any atom is 0.273 e. The predicted molar refractivity (Wildman–Crippen MR) is 112 cm³/mol. The molecule has 4 aromatic rings. The monoisotopic (exact) mass is 396 g/mol. The van der Waals surface area contributed by atoms with Crippen LogP contribution in [0.4, 0.5) is 0 Å². The quantitative estimate of drug-likeness (QED) is 0.560. The first-order valence-electron chi connectivity index (χ1n) is 10.0. The van der Waals surface area contributed by atoms with Crippen LogP contribution < -0.4 is 0 Å². The minimum atomic E-state index is -0.250. The first-order valence-corrected chi connectivity index (χ1v) is 10.0. The van der Waals surface area contributed by atoms with Gasteiger partial charge in [0, 0.05) is 48.5 Å². The van der Waals surface area contributed by atoms with Crippen molar-refractivity contribution < 1.29 is 4.79 Å². The second-order valence-corrected chi connectivity index (χ2v) is 8.03. The van der Waals surface area contributed by atoms with Crippen molar-refractivity contribution in [3.63, 3.8) is 0 Å². The van der Waals surface area contributed by atoms with E-state index in [1.165, 1.54) is 0 Å². The van der Waals surface area contributed by atoms with Gasteiger partial charge in [0.2, 0.25) is 0 Å². The highest BCUT2D eigenvalue weighted by atomic mass is 16.2. The number of rotatable bonds is 2. The minimum absolute atomic E-state index is 0.0203. The first-order chi connectivity index (χ1) is 14.6. The molecule has 1 saturated carbocycles. The van der Waals surface area contributed by atoms with Crippen molar-refractivity contribution in [2.45, 2.75) is 25.3 Å². The molecule has 0 unspecified atom stereocenters. The molecule has 148 valence electrons. The second kappa shape index (κ2) is 5.89. The zero-order valence-electron chi connectivity index (χ0n) is 16.8. The molecule has 0 radical (unpaired) electrons. The Bertz CT molecular complexity index is 1300. The third-order valence-corrected chi connectivity index (χ3v) is 6.38. The maximum absolute atomic E-state index is 13.4. The fourth-order valence-corrected chi connectivity index (χ4v) is 4.57. The highest BCUT2D eigenvalue weighted by molar-refractivity contribution is 5.96. The van der Waals surface area contributed by atoms with Gasteiger partial charge in [-0.1, -0.05) is 18.2 Å². The summed E-state index contributed by atoms with van der Waals surface area (Å²) in [5.74, 6) is 0.626. The summed E-state index contributed by atoms with van der Waals surface area (Å²) in [6.07, 6.45) is 7.16. The molecule has 1 N–H and O–H groups in total. The van der Waals surface area contributed by atoms with Gasteiger partial charge in [-0.25, -0.2) is 9.67 Å². The third kappa shape index (κ3) is 2.26. The molecule has 1 aromatic carbocycles. The van der Waals surface area contributed by atoms with E-state index in [2.05, 4.69) is 39.2 Å². The van der Waals surface area contributed by atoms with Gasteiger partial charge in [0.25, 0.3) is 5.91 Å².